The van der Waals surface area contributed by atoms with Gasteiger partial charge in [-0.15, -0.1) is 0 Å². The lowest BCUT2D eigenvalue weighted by molar-refractivity contribution is -0.145. The van der Waals surface area contributed by atoms with Gasteiger partial charge in [0.1, 0.15) is 6.54 Å². The third kappa shape index (κ3) is 3.33. The Morgan fingerprint density at radius 1 is 1.13 bits per heavy atom. The molecular weight excluding hydrogens is 304 g/mol. The van der Waals surface area contributed by atoms with Crippen molar-refractivity contribution in [3.63, 3.8) is 0 Å². The molecule has 9 heteroatoms. The van der Waals surface area contributed by atoms with Crippen molar-refractivity contribution in [2.24, 2.45) is 5.92 Å². The minimum Gasteiger partial charge on any atom is -0.341 e. The molecule has 1 saturated heterocycles. The van der Waals surface area contributed by atoms with Crippen LogP contribution in [0.1, 0.15) is 32.6 Å². The van der Waals surface area contributed by atoms with Crippen molar-refractivity contribution in [2.45, 2.75) is 38.6 Å². The smallest absolute Gasteiger partial charge is 0.334 e. The van der Waals surface area contributed by atoms with Gasteiger partial charge < -0.3 is 5.32 Å². The molecule has 2 rings (SSSR count). The summed E-state index contributed by atoms with van der Waals surface area (Å²) in [6.45, 7) is 1.28. The lowest BCUT2D eigenvalue weighted by Gasteiger charge is -2.34. The van der Waals surface area contributed by atoms with Crippen molar-refractivity contribution in [1.29, 1.82) is 0 Å². The second-order valence-corrected chi connectivity index (χ2v) is 5.81. The Hall–Kier alpha value is -2.45. The van der Waals surface area contributed by atoms with Crippen molar-refractivity contribution < 1.29 is 24.0 Å². The number of nitrogens with zero attached hydrogens (tertiary/aromatic N) is 2. The van der Waals surface area contributed by atoms with Gasteiger partial charge >= 0.3 is 23.9 Å². The highest BCUT2D eigenvalue weighted by Crippen LogP contribution is 2.31. The first-order valence-corrected chi connectivity index (χ1v) is 7.57. The monoisotopic (exact) mass is 324 g/mol. The summed E-state index contributed by atoms with van der Waals surface area (Å²) in [7, 11) is 1.32. The zero-order valence-electron chi connectivity index (χ0n) is 13.1. The quantitative estimate of drug-likeness (QED) is 0.551. The maximum atomic E-state index is 12.4. The Labute approximate surface area is 133 Å². The summed E-state index contributed by atoms with van der Waals surface area (Å²) in [5.74, 6) is -2.65. The summed E-state index contributed by atoms with van der Waals surface area (Å²) in [6, 6.07) is -1.86. The number of hydrogen-bond donors (Lipinski definition) is 2. The van der Waals surface area contributed by atoms with Gasteiger partial charge in [0.2, 0.25) is 5.91 Å². The Kier molecular flexibility index (Phi) is 4.97. The molecule has 0 bridgehead atoms. The van der Waals surface area contributed by atoms with Crippen LogP contribution in [0.15, 0.2) is 0 Å². The predicted octanol–water partition coefficient (Wildman–Crippen LogP) is -0.189. The van der Waals surface area contributed by atoms with Crippen LogP contribution in [0, 0.1) is 5.92 Å². The molecule has 1 heterocycles. The Morgan fingerprint density at radius 2 is 1.78 bits per heavy atom. The predicted molar refractivity (Wildman–Crippen MR) is 78.0 cm³/mol. The van der Waals surface area contributed by atoms with Crippen molar-refractivity contribution in [2.75, 3.05) is 13.6 Å². The van der Waals surface area contributed by atoms with Crippen LogP contribution < -0.4 is 10.6 Å². The van der Waals surface area contributed by atoms with Gasteiger partial charge in [0.25, 0.3) is 0 Å². The number of rotatable bonds is 3. The van der Waals surface area contributed by atoms with Gasteiger partial charge in [-0.3, -0.25) is 24.6 Å². The molecule has 7 amide bonds. The number of hydrogen-bond acceptors (Lipinski definition) is 5. The fraction of sp³-hybridized carbons (Fsp3) is 0.643. The van der Waals surface area contributed by atoms with Gasteiger partial charge in [0, 0.05) is 13.1 Å². The van der Waals surface area contributed by atoms with E-state index >= 15 is 0 Å². The molecule has 0 aromatic rings. The molecule has 0 radical (unpaired) electrons. The van der Waals surface area contributed by atoms with Crippen molar-refractivity contribution >= 4 is 29.8 Å². The molecule has 126 valence electrons. The zero-order chi connectivity index (χ0) is 17.1. The van der Waals surface area contributed by atoms with Gasteiger partial charge in [0.05, 0.1) is 0 Å². The molecule has 0 aromatic heterocycles. The highest BCUT2D eigenvalue weighted by Gasteiger charge is 2.49. The maximum absolute atomic E-state index is 12.4. The zero-order valence-corrected chi connectivity index (χ0v) is 13.1. The van der Waals surface area contributed by atoms with Crippen LogP contribution in [0.2, 0.25) is 0 Å². The standard InChI is InChI=1S/C14H20N4O5/c1-8-5-3-4-6-9(8)18-12(21)11(20)17(14(18)23)7-10(19)16-13(22)15-2/h8-9H,3-7H2,1-2H3,(H2,15,16,19,22)/t8-,9+/m0/s1. The molecule has 2 atom stereocenters. The van der Waals surface area contributed by atoms with E-state index in [9.17, 15) is 24.0 Å². The Balaban J connectivity index is 2.10. The van der Waals surface area contributed by atoms with E-state index in [0.29, 0.717) is 11.3 Å². The molecule has 2 aliphatic rings. The minimum atomic E-state index is -1.03. The summed E-state index contributed by atoms with van der Waals surface area (Å²) in [6.07, 6.45) is 3.45. The fourth-order valence-corrected chi connectivity index (χ4v) is 3.01. The molecule has 0 spiro atoms. The molecule has 2 N–H and O–H groups in total. The molecule has 1 aliphatic heterocycles. The van der Waals surface area contributed by atoms with E-state index in [2.05, 4.69) is 5.32 Å². The highest BCUT2D eigenvalue weighted by atomic mass is 16.2. The van der Waals surface area contributed by atoms with Crippen LogP contribution in [0.5, 0.6) is 0 Å². The highest BCUT2D eigenvalue weighted by molar-refractivity contribution is 6.45. The maximum Gasteiger partial charge on any atom is 0.334 e. The van der Waals surface area contributed by atoms with E-state index < -0.39 is 36.3 Å². The second kappa shape index (κ2) is 6.76. The summed E-state index contributed by atoms with van der Waals surface area (Å²) < 4.78 is 0. The van der Waals surface area contributed by atoms with Crippen LogP contribution in [0.25, 0.3) is 0 Å². The SMILES string of the molecule is CNC(=O)NC(=O)CN1C(=O)C(=O)N([C@@H]2CCCC[C@@H]2C)C1=O. The lowest BCUT2D eigenvalue weighted by Crippen LogP contribution is -2.48. The Bertz CT molecular complexity index is 561. The van der Waals surface area contributed by atoms with Crippen LogP contribution in [0.3, 0.4) is 0 Å². The van der Waals surface area contributed by atoms with E-state index in [-0.39, 0.29) is 12.0 Å². The van der Waals surface area contributed by atoms with Gasteiger partial charge in [-0.2, -0.15) is 0 Å². The molecular formula is C14H20N4O5. The van der Waals surface area contributed by atoms with Gasteiger partial charge in [0.15, 0.2) is 0 Å². The van der Waals surface area contributed by atoms with E-state index in [4.69, 9.17) is 0 Å². The van der Waals surface area contributed by atoms with Gasteiger partial charge in [-0.25, -0.2) is 14.5 Å². The molecule has 0 unspecified atom stereocenters. The summed E-state index contributed by atoms with van der Waals surface area (Å²) >= 11 is 0. The molecule has 1 aliphatic carbocycles. The van der Waals surface area contributed by atoms with Crippen molar-refractivity contribution in [1.82, 2.24) is 20.4 Å². The number of amides is 7. The largest absolute Gasteiger partial charge is 0.341 e. The molecule has 9 nitrogen and oxygen atoms in total. The lowest BCUT2D eigenvalue weighted by atomic mass is 9.85. The summed E-state index contributed by atoms with van der Waals surface area (Å²) in [5, 5.41) is 4.13. The first-order chi connectivity index (χ1) is 10.9. The van der Waals surface area contributed by atoms with E-state index in [1.165, 1.54) is 7.05 Å². The number of carbonyl (C=O) groups excluding carboxylic acids is 5. The topological polar surface area (TPSA) is 116 Å². The number of urea groups is 2. The van der Waals surface area contributed by atoms with E-state index in [1.807, 2.05) is 12.2 Å². The van der Waals surface area contributed by atoms with Crippen molar-refractivity contribution in [3.05, 3.63) is 0 Å². The molecule has 0 aromatic carbocycles. The second-order valence-electron chi connectivity index (χ2n) is 5.81. The van der Waals surface area contributed by atoms with Crippen molar-refractivity contribution in [3.8, 4) is 0 Å². The van der Waals surface area contributed by atoms with Crippen LogP contribution in [-0.2, 0) is 14.4 Å². The first-order valence-electron chi connectivity index (χ1n) is 7.57. The third-order valence-corrected chi connectivity index (χ3v) is 4.26. The number of nitrogens with one attached hydrogen (secondary N) is 2. The average Bonchev–Trinajstić information content (AvgIpc) is 2.72. The van der Waals surface area contributed by atoms with E-state index in [0.717, 1.165) is 24.2 Å². The fourth-order valence-electron chi connectivity index (χ4n) is 3.01. The molecule has 2 fully saturated rings. The molecule has 1 saturated carbocycles. The third-order valence-electron chi connectivity index (χ3n) is 4.26. The first kappa shape index (κ1) is 16.9. The Morgan fingerprint density at radius 3 is 2.39 bits per heavy atom. The average molecular weight is 324 g/mol. The van der Waals surface area contributed by atoms with Gasteiger partial charge in [-0.05, 0) is 18.8 Å². The minimum absolute atomic E-state index is 0.115. The van der Waals surface area contributed by atoms with Gasteiger partial charge in [-0.1, -0.05) is 19.8 Å². The normalized spacial score (nSPS) is 24.9. The van der Waals surface area contributed by atoms with Crippen LogP contribution >= 0.6 is 0 Å². The number of imide groups is 3. The summed E-state index contributed by atoms with van der Waals surface area (Å²) in [4.78, 5) is 60.8. The van der Waals surface area contributed by atoms with Crippen LogP contribution in [-0.4, -0.2) is 59.2 Å². The summed E-state index contributed by atoms with van der Waals surface area (Å²) in [5.41, 5.74) is 0. The van der Waals surface area contributed by atoms with Crippen LogP contribution in [0.4, 0.5) is 9.59 Å². The number of carbonyl (C=O) groups is 5. The molecule has 23 heavy (non-hydrogen) atoms. The van der Waals surface area contributed by atoms with E-state index in [1.54, 1.807) is 0 Å².